The van der Waals surface area contributed by atoms with Crippen molar-refractivity contribution < 1.29 is 19.8 Å². The maximum atomic E-state index is 11.9. The Balaban J connectivity index is 2.13. The lowest BCUT2D eigenvalue weighted by Gasteiger charge is -2.12. The van der Waals surface area contributed by atoms with E-state index in [2.05, 4.69) is 5.32 Å². The summed E-state index contributed by atoms with van der Waals surface area (Å²) in [6.45, 7) is 0. The number of aliphatic carboxylic acids is 1. The lowest BCUT2D eigenvalue weighted by molar-refractivity contribution is -0.131. The van der Waals surface area contributed by atoms with Crippen molar-refractivity contribution in [3.63, 3.8) is 0 Å². The molecule has 3 N–H and O–H groups in total. The highest BCUT2D eigenvalue weighted by molar-refractivity contribution is 6.37. The molecule has 8 heteroatoms. The van der Waals surface area contributed by atoms with E-state index in [-0.39, 0.29) is 0 Å². The Kier molecular flexibility index (Phi) is 4.75. The fourth-order valence-electron chi connectivity index (χ4n) is 2.78. The molecule has 2 aromatic rings. The molecule has 1 atom stereocenters. The monoisotopic (exact) mass is 397 g/mol. The Hall–Kier alpha value is -2.05. The predicted molar refractivity (Wildman–Crippen MR) is 96.4 cm³/mol. The van der Waals surface area contributed by atoms with Gasteiger partial charge in [0.15, 0.2) is 0 Å². The molecule has 0 spiro atoms. The second kappa shape index (κ2) is 6.69. The average molecular weight is 399 g/mol. The van der Waals surface area contributed by atoms with Crippen molar-refractivity contribution >= 4 is 52.4 Å². The molecule has 0 heterocycles. The number of hydrogen-bond donors (Lipinski definition) is 3. The Bertz CT molecular complexity index is 940. The first-order valence-electron chi connectivity index (χ1n) is 7.00. The maximum Gasteiger partial charge on any atom is 0.328 e. The zero-order valence-electron chi connectivity index (χ0n) is 12.4. The van der Waals surface area contributed by atoms with Crippen molar-refractivity contribution in [2.45, 2.75) is 6.10 Å². The summed E-state index contributed by atoms with van der Waals surface area (Å²) in [4.78, 5) is 22.5. The first kappa shape index (κ1) is 17.8. The van der Waals surface area contributed by atoms with E-state index in [0.29, 0.717) is 43.0 Å². The zero-order valence-corrected chi connectivity index (χ0v) is 14.7. The standard InChI is InChI=1S/C17H10Cl3NO4/c18-7-3-9-15(11(20)5-7)16-10(17(9)25)4-8(19)6-12(16)21-13(22)1-2-14(23)24/h1-6,17,25H,(H,21,22)(H,23,24)/b2-1+/t17-/m0/s1. The third-order valence-corrected chi connectivity index (χ3v) is 4.43. The van der Waals surface area contributed by atoms with Gasteiger partial charge in [-0.1, -0.05) is 34.8 Å². The molecule has 3 rings (SSSR count). The largest absolute Gasteiger partial charge is 0.478 e. The van der Waals surface area contributed by atoms with Crippen molar-refractivity contribution in [1.82, 2.24) is 0 Å². The number of carboxylic acids is 1. The van der Waals surface area contributed by atoms with Gasteiger partial charge in [-0.25, -0.2) is 4.79 Å². The number of hydrogen-bond acceptors (Lipinski definition) is 3. The number of carbonyl (C=O) groups excluding carboxylic acids is 1. The molecule has 0 aromatic heterocycles. The second-order valence-electron chi connectivity index (χ2n) is 5.33. The van der Waals surface area contributed by atoms with Crippen LogP contribution in [0.5, 0.6) is 0 Å². The van der Waals surface area contributed by atoms with Crippen molar-refractivity contribution in [3.05, 3.63) is 62.6 Å². The van der Waals surface area contributed by atoms with E-state index in [1.165, 1.54) is 12.1 Å². The number of benzene rings is 2. The number of amides is 1. The van der Waals surface area contributed by atoms with Gasteiger partial charge < -0.3 is 15.5 Å². The number of aliphatic hydroxyl groups is 1. The van der Waals surface area contributed by atoms with Gasteiger partial charge in [0.1, 0.15) is 6.10 Å². The van der Waals surface area contributed by atoms with Gasteiger partial charge in [0.05, 0.1) is 10.7 Å². The van der Waals surface area contributed by atoms with E-state index >= 15 is 0 Å². The number of halogens is 3. The van der Waals surface area contributed by atoms with Gasteiger partial charge in [-0.05, 0) is 35.4 Å². The lowest BCUT2D eigenvalue weighted by atomic mass is 10.0. The Morgan fingerprint density at radius 2 is 1.56 bits per heavy atom. The van der Waals surface area contributed by atoms with Crippen LogP contribution in [0.2, 0.25) is 15.1 Å². The summed E-state index contributed by atoms with van der Waals surface area (Å²) in [6.07, 6.45) is 0.603. The van der Waals surface area contributed by atoms with E-state index in [0.717, 1.165) is 12.2 Å². The molecule has 0 radical (unpaired) electrons. The van der Waals surface area contributed by atoms with Crippen LogP contribution in [0, 0.1) is 0 Å². The first-order chi connectivity index (χ1) is 11.8. The van der Waals surface area contributed by atoms with E-state index in [4.69, 9.17) is 39.9 Å². The molecule has 0 saturated heterocycles. The zero-order chi connectivity index (χ0) is 18.3. The highest BCUT2D eigenvalue weighted by Gasteiger charge is 2.32. The van der Waals surface area contributed by atoms with Gasteiger partial charge in [-0.15, -0.1) is 0 Å². The first-order valence-corrected chi connectivity index (χ1v) is 8.14. The number of carboxylic acid groups (broad SMARTS) is 1. The van der Waals surface area contributed by atoms with E-state index in [1.54, 1.807) is 12.1 Å². The van der Waals surface area contributed by atoms with Crippen molar-refractivity contribution in [2.24, 2.45) is 0 Å². The summed E-state index contributed by atoms with van der Waals surface area (Å²) in [5, 5.41) is 22.7. The molecule has 128 valence electrons. The van der Waals surface area contributed by atoms with Crippen LogP contribution < -0.4 is 5.32 Å². The SMILES string of the molecule is O=C(O)/C=C/C(=O)Nc1cc(Cl)cc2c1-c1c(Cl)cc(Cl)cc1[C@@H]2O. The van der Waals surface area contributed by atoms with Crippen molar-refractivity contribution in [2.75, 3.05) is 5.32 Å². The number of rotatable bonds is 3. The summed E-state index contributed by atoms with van der Waals surface area (Å²) in [5.41, 5.74) is 2.36. The molecule has 25 heavy (non-hydrogen) atoms. The number of anilines is 1. The maximum absolute atomic E-state index is 11.9. The molecule has 5 nitrogen and oxygen atoms in total. The van der Waals surface area contributed by atoms with E-state index in [9.17, 15) is 14.7 Å². The highest BCUT2D eigenvalue weighted by atomic mass is 35.5. The van der Waals surface area contributed by atoms with E-state index < -0.39 is 18.0 Å². The lowest BCUT2D eigenvalue weighted by Crippen LogP contribution is -2.10. The minimum absolute atomic E-state index is 0.297. The van der Waals surface area contributed by atoms with Crippen LogP contribution in [0.25, 0.3) is 11.1 Å². The van der Waals surface area contributed by atoms with Gasteiger partial charge in [-0.3, -0.25) is 4.79 Å². The van der Waals surface area contributed by atoms with Crippen molar-refractivity contribution in [3.8, 4) is 11.1 Å². The topological polar surface area (TPSA) is 86.6 Å². The molecular weight excluding hydrogens is 389 g/mol. The smallest absolute Gasteiger partial charge is 0.328 e. The van der Waals surface area contributed by atoms with Gasteiger partial charge >= 0.3 is 5.97 Å². The minimum atomic E-state index is -1.25. The van der Waals surface area contributed by atoms with Gasteiger partial charge in [0, 0.05) is 33.3 Å². The third kappa shape index (κ3) is 3.37. The fraction of sp³-hybridized carbons (Fsp3) is 0.0588. The van der Waals surface area contributed by atoms with Crippen LogP contribution in [-0.2, 0) is 9.59 Å². The van der Waals surface area contributed by atoms with Crippen LogP contribution in [0.1, 0.15) is 17.2 Å². The van der Waals surface area contributed by atoms with Crippen molar-refractivity contribution in [1.29, 1.82) is 0 Å². The summed E-state index contributed by atoms with van der Waals surface area (Å²) >= 11 is 18.4. The molecule has 2 aromatic carbocycles. The minimum Gasteiger partial charge on any atom is -0.478 e. The number of fused-ring (bicyclic) bond motifs is 3. The van der Waals surface area contributed by atoms with Gasteiger partial charge in [0.25, 0.3) is 0 Å². The number of carbonyl (C=O) groups is 2. The van der Waals surface area contributed by atoms with Crippen LogP contribution in [0.4, 0.5) is 5.69 Å². The fourth-order valence-corrected chi connectivity index (χ4v) is 3.61. The Morgan fingerprint density at radius 1 is 0.960 bits per heavy atom. The molecule has 1 aliphatic rings. The highest BCUT2D eigenvalue weighted by Crippen LogP contribution is 2.51. The molecule has 0 fully saturated rings. The Labute approximate surface area is 157 Å². The summed E-state index contributed by atoms with van der Waals surface area (Å²) in [5.74, 6) is -1.90. The summed E-state index contributed by atoms with van der Waals surface area (Å²) in [7, 11) is 0. The van der Waals surface area contributed by atoms with Crippen LogP contribution in [0.3, 0.4) is 0 Å². The quantitative estimate of drug-likeness (QED) is 0.673. The van der Waals surface area contributed by atoms with Crippen LogP contribution >= 0.6 is 34.8 Å². The van der Waals surface area contributed by atoms with Crippen LogP contribution in [-0.4, -0.2) is 22.1 Å². The predicted octanol–water partition coefficient (Wildman–Crippen LogP) is 4.29. The molecule has 1 aliphatic carbocycles. The van der Waals surface area contributed by atoms with Gasteiger partial charge in [0.2, 0.25) is 5.91 Å². The van der Waals surface area contributed by atoms with E-state index in [1.807, 2.05) is 0 Å². The average Bonchev–Trinajstić information content (AvgIpc) is 2.79. The molecular formula is C17H10Cl3NO4. The molecule has 0 unspecified atom stereocenters. The second-order valence-corrected chi connectivity index (χ2v) is 6.61. The molecule has 0 aliphatic heterocycles. The third-order valence-electron chi connectivity index (χ3n) is 3.69. The molecule has 0 saturated carbocycles. The molecule has 1 amide bonds. The summed E-state index contributed by atoms with van der Waals surface area (Å²) in [6, 6.07) is 6.21. The summed E-state index contributed by atoms with van der Waals surface area (Å²) < 4.78 is 0. The van der Waals surface area contributed by atoms with Crippen LogP contribution in [0.15, 0.2) is 36.4 Å². The van der Waals surface area contributed by atoms with Gasteiger partial charge in [-0.2, -0.15) is 0 Å². The number of aliphatic hydroxyl groups excluding tert-OH is 1. The Morgan fingerprint density at radius 3 is 2.20 bits per heavy atom. The number of nitrogens with one attached hydrogen (secondary N) is 1. The normalized spacial score (nSPS) is 15.1. The molecule has 0 bridgehead atoms.